The molecule has 0 aliphatic carbocycles. The summed E-state index contributed by atoms with van der Waals surface area (Å²) in [6.45, 7) is 0. The highest BCUT2D eigenvalue weighted by molar-refractivity contribution is 6.36. The molecule has 0 radical (unpaired) electrons. The van der Waals surface area contributed by atoms with E-state index in [1.165, 1.54) is 0 Å². The molecule has 2 aromatic carbocycles. The molecular weight excluding hydrogens is 286 g/mol. The number of anilines is 2. The summed E-state index contributed by atoms with van der Waals surface area (Å²) in [5.41, 5.74) is 7.94. The quantitative estimate of drug-likeness (QED) is 0.708. The van der Waals surface area contributed by atoms with Crippen molar-refractivity contribution >= 4 is 39.8 Å². The number of nitrogens with zero attached hydrogens (tertiary/aromatic N) is 1. The summed E-state index contributed by atoms with van der Waals surface area (Å²) in [7, 11) is 0. The number of rotatable bonds is 2. The molecule has 0 unspecified atom stereocenters. The van der Waals surface area contributed by atoms with Gasteiger partial charge >= 0.3 is 0 Å². The summed E-state index contributed by atoms with van der Waals surface area (Å²) in [6.07, 6.45) is 1.71. The summed E-state index contributed by atoms with van der Waals surface area (Å²) >= 11 is 6.07. The zero-order valence-corrected chi connectivity index (χ0v) is 11.8. The summed E-state index contributed by atoms with van der Waals surface area (Å²) in [4.78, 5) is 16.6. The Morgan fingerprint density at radius 1 is 1.10 bits per heavy atom. The molecule has 1 heterocycles. The van der Waals surface area contributed by atoms with Crippen LogP contribution in [-0.2, 0) is 0 Å². The lowest BCUT2D eigenvalue weighted by Crippen LogP contribution is -2.13. The zero-order chi connectivity index (χ0) is 14.8. The van der Waals surface area contributed by atoms with Gasteiger partial charge in [-0.15, -0.1) is 0 Å². The van der Waals surface area contributed by atoms with Gasteiger partial charge in [-0.2, -0.15) is 0 Å². The van der Waals surface area contributed by atoms with Crippen molar-refractivity contribution in [2.24, 2.45) is 0 Å². The van der Waals surface area contributed by atoms with Crippen LogP contribution in [0.5, 0.6) is 0 Å². The molecule has 0 bridgehead atoms. The number of hydrogen-bond acceptors (Lipinski definition) is 3. The Hall–Kier alpha value is -2.59. The van der Waals surface area contributed by atoms with Crippen molar-refractivity contribution in [3.05, 3.63) is 65.3 Å². The second-order valence-corrected chi connectivity index (χ2v) is 4.92. The summed E-state index contributed by atoms with van der Waals surface area (Å²) in [5, 5.41) is 3.98. The molecule has 0 aliphatic heterocycles. The average molecular weight is 298 g/mol. The Balaban J connectivity index is 1.99. The van der Waals surface area contributed by atoms with Gasteiger partial charge in [0.15, 0.2) is 0 Å². The lowest BCUT2D eigenvalue weighted by molar-refractivity contribution is 0.102. The molecule has 0 spiro atoms. The fourth-order valence-electron chi connectivity index (χ4n) is 2.13. The standard InChI is InChI=1S/C16H12ClN3O/c17-15-11(4-1-6-12(15)18)16(21)20-14-8-2-7-13-10(14)5-3-9-19-13/h1-9H,18H2,(H,20,21). The fraction of sp³-hybridized carbons (Fsp3) is 0. The first-order valence-corrected chi connectivity index (χ1v) is 6.73. The van der Waals surface area contributed by atoms with Crippen molar-refractivity contribution < 1.29 is 4.79 Å². The Bertz CT molecular complexity index is 827. The monoisotopic (exact) mass is 297 g/mol. The van der Waals surface area contributed by atoms with Crippen molar-refractivity contribution in [2.45, 2.75) is 0 Å². The molecule has 3 N–H and O–H groups in total. The second-order valence-electron chi connectivity index (χ2n) is 4.54. The first-order chi connectivity index (χ1) is 10.2. The van der Waals surface area contributed by atoms with Crippen LogP contribution in [0.15, 0.2) is 54.7 Å². The summed E-state index contributed by atoms with van der Waals surface area (Å²) < 4.78 is 0. The van der Waals surface area contributed by atoms with Crippen LogP contribution < -0.4 is 11.1 Å². The largest absolute Gasteiger partial charge is 0.398 e. The van der Waals surface area contributed by atoms with Gasteiger partial charge in [-0.3, -0.25) is 9.78 Å². The van der Waals surface area contributed by atoms with E-state index in [0.29, 0.717) is 16.9 Å². The van der Waals surface area contributed by atoms with Crippen LogP contribution in [0.4, 0.5) is 11.4 Å². The van der Waals surface area contributed by atoms with E-state index in [4.69, 9.17) is 17.3 Å². The Morgan fingerprint density at radius 3 is 2.76 bits per heavy atom. The molecular formula is C16H12ClN3O. The van der Waals surface area contributed by atoms with Crippen LogP contribution in [0.25, 0.3) is 10.9 Å². The van der Waals surface area contributed by atoms with E-state index in [9.17, 15) is 4.79 Å². The van der Waals surface area contributed by atoms with E-state index in [-0.39, 0.29) is 10.9 Å². The first kappa shape index (κ1) is 13.4. The number of aromatic nitrogens is 1. The number of fused-ring (bicyclic) bond motifs is 1. The molecule has 4 nitrogen and oxygen atoms in total. The second kappa shape index (κ2) is 5.42. The fourth-order valence-corrected chi connectivity index (χ4v) is 2.34. The minimum absolute atomic E-state index is 0.258. The number of carbonyl (C=O) groups is 1. The van der Waals surface area contributed by atoms with Gasteiger partial charge in [0.25, 0.3) is 5.91 Å². The Labute approximate surface area is 126 Å². The van der Waals surface area contributed by atoms with E-state index < -0.39 is 0 Å². The number of benzene rings is 2. The van der Waals surface area contributed by atoms with E-state index in [0.717, 1.165) is 10.9 Å². The number of hydrogen-bond donors (Lipinski definition) is 2. The third-order valence-electron chi connectivity index (χ3n) is 3.17. The number of halogens is 1. The van der Waals surface area contributed by atoms with Gasteiger partial charge in [0, 0.05) is 11.6 Å². The van der Waals surface area contributed by atoms with Crippen molar-refractivity contribution in [2.75, 3.05) is 11.1 Å². The predicted molar refractivity (Wildman–Crippen MR) is 85.6 cm³/mol. The molecule has 5 heteroatoms. The highest BCUT2D eigenvalue weighted by Crippen LogP contribution is 2.26. The SMILES string of the molecule is Nc1cccc(C(=O)Nc2cccc3ncccc23)c1Cl. The van der Waals surface area contributed by atoms with E-state index >= 15 is 0 Å². The number of carbonyl (C=O) groups excluding carboxylic acids is 1. The van der Waals surface area contributed by atoms with Crippen LogP contribution in [0, 0.1) is 0 Å². The Morgan fingerprint density at radius 2 is 1.90 bits per heavy atom. The normalized spacial score (nSPS) is 10.5. The number of nitrogens with two attached hydrogens (primary N) is 1. The van der Waals surface area contributed by atoms with Crippen molar-refractivity contribution in [1.29, 1.82) is 0 Å². The molecule has 21 heavy (non-hydrogen) atoms. The van der Waals surface area contributed by atoms with Crippen LogP contribution in [-0.4, -0.2) is 10.9 Å². The highest BCUT2D eigenvalue weighted by Gasteiger charge is 2.13. The molecule has 0 fully saturated rings. The lowest BCUT2D eigenvalue weighted by atomic mass is 10.1. The van der Waals surface area contributed by atoms with Crippen molar-refractivity contribution in [3.63, 3.8) is 0 Å². The summed E-state index contributed by atoms with van der Waals surface area (Å²) in [6, 6.07) is 14.3. The Kier molecular flexibility index (Phi) is 3.46. The number of pyridine rings is 1. The maximum absolute atomic E-state index is 12.4. The maximum Gasteiger partial charge on any atom is 0.257 e. The van der Waals surface area contributed by atoms with Gasteiger partial charge in [-0.05, 0) is 36.4 Å². The van der Waals surface area contributed by atoms with Gasteiger partial charge in [0.1, 0.15) is 0 Å². The number of nitrogen functional groups attached to an aromatic ring is 1. The van der Waals surface area contributed by atoms with Crippen LogP contribution >= 0.6 is 11.6 Å². The summed E-state index contributed by atoms with van der Waals surface area (Å²) in [5.74, 6) is -0.302. The molecule has 3 aromatic rings. The van der Waals surface area contributed by atoms with Gasteiger partial charge in [0.2, 0.25) is 0 Å². The molecule has 0 saturated heterocycles. The third-order valence-corrected chi connectivity index (χ3v) is 3.59. The smallest absolute Gasteiger partial charge is 0.257 e. The highest BCUT2D eigenvalue weighted by atomic mass is 35.5. The average Bonchev–Trinajstić information content (AvgIpc) is 2.50. The van der Waals surface area contributed by atoms with Gasteiger partial charge in [-0.25, -0.2) is 0 Å². The van der Waals surface area contributed by atoms with Crippen LogP contribution in [0.1, 0.15) is 10.4 Å². The molecule has 0 aliphatic rings. The van der Waals surface area contributed by atoms with E-state index in [2.05, 4.69) is 10.3 Å². The van der Waals surface area contributed by atoms with E-state index in [1.54, 1.807) is 24.4 Å². The third kappa shape index (κ3) is 2.53. The number of amides is 1. The molecule has 1 amide bonds. The minimum atomic E-state index is -0.302. The van der Waals surface area contributed by atoms with Gasteiger partial charge in [-0.1, -0.05) is 23.7 Å². The lowest BCUT2D eigenvalue weighted by Gasteiger charge is -2.10. The van der Waals surface area contributed by atoms with E-state index in [1.807, 2.05) is 30.3 Å². The zero-order valence-electron chi connectivity index (χ0n) is 11.0. The molecule has 0 saturated carbocycles. The topological polar surface area (TPSA) is 68.0 Å². The van der Waals surface area contributed by atoms with Gasteiger partial charge < -0.3 is 11.1 Å². The molecule has 104 valence electrons. The predicted octanol–water partition coefficient (Wildman–Crippen LogP) is 3.72. The molecule has 0 atom stereocenters. The van der Waals surface area contributed by atoms with Crippen LogP contribution in [0.3, 0.4) is 0 Å². The van der Waals surface area contributed by atoms with Crippen molar-refractivity contribution in [3.8, 4) is 0 Å². The van der Waals surface area contributed by atoms with Gasteiger partial charge in [0.05, 0.1) is 27.5 Å². The molecule has 1 aromatic heterocycles. The van der Waals surface area contributed by atoms with Crippen LogP contribution in [0.2, 0.25) is 5.02 Å². The minimum Gasteiger partial charge on any atom is -0.398 e. The van der Waals surface area contributed by atoms with Crippen molar-refractivity contribution in [1.82, 2.24) is 4.98 Å². The maximum atomic E-state index is 12.4. The number of nitrogens with one attached hydrogen (secondary N) is 1. The first-order valence-electron chi connectivity index (χ1n) is 6.36. The molecule has 3 rings (SSSR count).